The van der Waals surface area contributed by atoms with E-state index in [1.807, 2.05) is 24.3 Å². The van der Waals surface area contributed by atoms with Gasteiger partial charge in [-0.2, -0.15) is 0 Å². The molecule has 0 aromatic rings. The maximum atomic E-state index is 9.90. The molecule has 0 fully saturated rings. The van der Waals surface area contributed by atoms with Crippen molar-refractivity contribution in [3.63, 3.8) is 0 Å². The van der Waals surface area contributed by atoms with Crippen molar-refractivity contribution in [1.82, 2.24) is 5.32 Å². The van der Waals surface area contributed by atoms with Crippen LogP contribution >= 0.6 is 0 Å². The van der Waals surface area contributed by atoms with E-state index in [-0.39, 0.29) is 6.04 Å². The molecule has 1 aliphatic carbocycles. The van der Waals surface area contributed by atoms with Gasteiger partial charge in [0, 0.05) is 0 Å². The number of carbonyl (C=O) groups is 1. The number of allylic oxidation sites excluding steroid dienone is 2. The van der Waals surface area contributed by atoms with Crippen LogP contribution in [0.2, 0.25) is 0 Å². The third kappa shape index (κ3) is 1.72. The van der Waals surface area contributed by atoms with Crippen molar-refractivity contribution in [2.75, 3.05) is 0 Å². The predicted molar refractivity (Wildman–Crippen MR) is 35.9 cm³/mol. The molecular formula is C7H9NO. The molecule has 0 radical (unpaired) electrons. The Morgan fingerprint density at radius 2 is 2.44 bits per heavy atom. The molecule has 1 amide bonds. The molecule has 0 saturated carbocycles. The van der Waals surface area contributed by atoms with Crippen molar-refractivity contribution in [1.29, 1.82) is 0 Å². The summed E-state index contributed by atoms with van der Waals surface area (Å²) < 4.78 is 0. The van der Waals surface area contributed by atoms with Crippen molar-refractivity contribution >= 4 is 6.41 Å². The Balaban J connectivity index is 2.36. The van der Waals surface area contributed by atoms with Gasteiger partial charge in [-0.05, 0) is 6.42 Å². The highest BCUT2D eigenvalue weighted by Crippen LogP contribution is 2.00. The van der Waals surface area contributed by atoms with Crippen LogP contribution in [0.1, 0.15) is 6.42 Å². The lowest BCUT2D eigenvalue weighted by molar-refractivity contribution is -0.109. The van der Waals surface area contributed by atoms with E-state index in [0.29, 0.717) is 0 Å². The van der Waals surface area contributed by atoms with Crippen molar-refractivity contribution < 1.29 is 4.79 Å². The second-order valence-corrected chi connectivity index (χ2v) is 1.94. The van der Waals surface area contributed by atoms with Gasteiger partial charge in [0.2, 0.25) is 6.41 Å². The summed E-state index contributed by atoms with van der Waals surface area (Å²) in [6.07, 6.45) is 9.55. The van der Waals surface area contributed by atoms with E-state index in [9.17, 15) is 4.79 Å². The Kier molecular flexibility index (Phi) is 2.07. The van der Waals surface area contributed by atoms with Crippen LogP contribution in [-0.4, -0.2) is 12.5 Å². The van der Waals surface area contributed by atoms with Crippen LogP contribution < -0.4 is 5.32 Å². The summed E-state index contributed by atoms with van der Waals surface area (Å²) in [5, 5.41) is 2.67. The summed E-state index contributed by atoms with van der Waals surface area (Å²) in [6.45, 7) is 0. The van der Waals surface area contributed by atoms with Crippen LogP contribution in [0.3, 0.4) is 0 Å². The van der Waals surface area contributed by atoms with Gasteiger partial charge in [0.15, 0.2) is 0 Å². The summed E-state index contributed by atoms with van der Waals surface area (Å²) in [5.41, 5.74) is 0. The number of hydrogen-bond donors (Lipinski definition) is 1. The van der Waals surface area contributed by atoms with Gasteiger partial charge in [-0.1, -0.05) is 24.3 Å². The topological polar surface area (TPSA) is 29.1 Å². The molecule has 0 aromatic heterocycles. The fourth-order valence-electron chi connectivity index (χ4n) is 0.792. The van der Waals surface area contributed by atoms with Gasteiger partial charge in [-0.3, -0.25) is 4.79 Å². The molecule has 0 heterocycles. The monoisotopic (exact) mass is 123 g/mol. The molecular weight excluding hydrogens is 114 g/mol. The summed E-state index contributed by atoms with van der Waals surface area (Å²) in [5.74, 6) is 0. The Morgan fingerprint density at radius 1 is 1.56 bits per heavy atom. The van der Waals surface area contributed by atoms with Gasteiger partial charge in [0.1, 0.15) is 0 Å². The Hall–Kier alpha value is -1.05. The van der Waals surface area contributed by atoms with Crippen LogP contribution in [-0.2, 0) is 4.79 Å². The minimum Gasteiger partial charge on any atom is -0.352 e. The van der Waals surface area contributed by atoms with Crippen molar-refractivity contribution in [2.45, 2.75) is 12.5 Å². The molecule has 1 unspecified atom stereocenters. The van der Waals surface area contributed by atoms with Crippen molar-refractivity contribution in [3.05, 3.63) is 24.3 Å². The number of rotatable bonds is 2. The van der Waals surface area contributed by atoms with Gasteiger partial charge in [-0.25, -0.2) is 0 Å². The first-order valence-corrected chi connectivity index (χ1v) is 2.96. The molecule has 0 aliphatic heterocycles. The molecule has 48 valence electrons. The standard InChI is InChI=1S/C7H9NO/c9-6-8-7-4-2-1-3-5-7/h1-4,6-7H,5H2,(H,8,9). The molecule has 1 N–H and O–H groups in total. The highest BCUT2D eigenvalue weighted by Gasteiger charge is 2.00. The molecule has 0 bridgehead atoms. The number of amides is 1. The second kappa shape index (κ2) is 3.07. The zero-order chi connectivity index (χ0) is 6.53. The van der Waals surface area contributed by atoms with Crippen LogP contribution in [0.25, 0.3) is 0 Å². The molecule has 2 heteroatoms. The zero-order valence-electron chi connectivity index (χ0n) is 5.08. The van der Waals surface area contributed by atoms with E-state index < -0.39 is 0 Å². The largest absolute Gasteiger partial charge is 0.352 e. The first-order chi connectivity index (χ1) is 4.43. The fraction of sp³-hybridized carbons (Fsp3) is 0.286. The lowest BCUT2D eigenvalue weighted by Gasteiger charge is -2.09. The van der Waals surface area contributed by atoms with Gasteiger partial charge in [0.05, 0.1) is 6.04 Å². The number of carbonyl (C=O) groups excluding carboxylic acids is 1. The third-order valence-corrected chi connectivity index (χ3v) is 1.26. The molecule has 1 rings (SSSR count). The third-order valence-electron chi connectivity index (χ3n) is 1.26. The highest BCUT2D eigenvalue weighted by atomic mass is 16.1. The van der Waals surface area contributed by atoms with Gasteiger partial charge in [-0.15, -0.1) is 0 Å². The molecule has 9 heavy (non-hydrogen) atoms. The average molecular weight is 123 g/mol. The number of nitrogens with one attached hydrogen (secondary N) is 1. The van der Waals surface area contributed by atoms with Gasteiger partial charge in [0.25, 0.3) is 0 Å². The van der Waals surface area contributed by atoms with Crippen LogP contribution in [0.15, 0.2) is 24.3 Å². The smallest absolute Gasteiger partial charge is 0.207 e. The molecule has 2 nitrogen and oxygen atoms in total. The minimum absolute atomic E-state index is 0.215. The Bertz CT molecular complexity index is 147. The van der Waals surface area contributed by atoms with Crippen molar-refractivity contribution in [3.8, 4) is 0 Å². The van der Waals surface area contributed by atoms with Crippen LogP contribution in [0.4, 0.5) is 0 Å². The van der Waals surface area contributed by atoms with E-state index >= 15 is 0 Å². The summed E-state index contributed by atoms with van der Waals surface area (Å²) in [4.78, 5) is 9.90. The van der Waals surface area contributed by atoms with E-state index in [1.54, 1.807) is 0 Å². The average Bonchev–Trinajstić information content (AvgIpc) is 1.91. The van der Waals surface area contributed by atoms with Gasteiger partial charge >= 0.3 is 0 Å². The predicted octanol–water partition coefficient (Wildman–Crippen LogP) is 0.617. The Morgan fingerprint density at radius 3 is 3.00 bits per heavy atom. The molecule has 1 atom stereocenters. The van der Waals surface area contributed by atoms with E-state index in [1.165, 1.54) is 0 Å². The minimum atomic E-state index is 0.215. The first kappa shape index (κ1) is 6.08. The Labute approximate surface area is 54.3 Å². The lowest BCUT2D eigenvalue weighted by Crippen LogP contribution is -2.25. The quantitative estimate of drug-likeness (QED) is 0.536. The SMILES string of the molecule is O=CNC1C=CC=CC1. The first-order valence-electron chi connectivity index (χ1n) is 2.96. The summed E-state index contributed by atoms with van der Waals surface area (Å²) in [6, 6.07) is 0.215. The molecule has 0 saturated heterocycles. The maximum Gasteiger partial charge on any atom is 0.207 e. The summed E-state index contributed by atoms with van der Waals surface area (Å²) in [7, 11) is 0. The van der Waals surface area contributed by atoms with Crippen LogP contribution in [0.5, 0.6) is 0 Å². The van der Waals surface area contributed by atoms with Crippen LogP contribution in [0, 0.1) is 0 Å². The zero-order valence-corrected chi connectivity index (χ0v) is 5.08. The lowest BCUT2D eigenvalue weighted by atomic mass is 10.1. The summed E-state index contributed by atoms with van der Waals surface area (Å²) >= 11 is 0. The highest BCUT2D eigenvalue weighted by molar-refractivity contribution is 5.47. The van der Waals surface area contributed by atoms with E-state index in [0.717, 1.165) is 12.8 Å². The molecule has 0 spiro atoms. The van der Waals surface area contributed by atoms with E-state index in [2.05, 4.69) is 5.32 Å². The van der Waals surface area contributed by atoms with E-state index in [4.69, 9.17) is 0 Å². The second-order valence-electron chi connectivity index (χ2n) is 1.94. The fourth-order valence-corrected chi connectivity index (χ4v) is 0.792. The molecule has 0 aromatic carbocycles. The van der Waals surface area contributed by atoms with Crippen molar-refractivity contribution in [2.24, 2.45) is 0 Å². The van der Waals surface area contributed by atoms with Gasteiger partial charge < -0.3 is 5.32 Å². The normalized spacial score (nSPS) is 23.8. The molecule has 1 aliphatic rings. The maximum absolute atomic E-state index is 9.90. The number of hydrogen-bond acceptors (Lipinski definition) is 1.